The van der Waals surface area contributed by atoms with Gasteiger partial charge in [0.15, 0.2) is 0 Å². The first-order valence-corrected chi connectivity index (χ1v) is 13.1. The molecule has 1 atom stereocenters. The maximum atomic E-state index is 12.6. The Bertz CT molecular complexity index is 1030. The van der Waals surface area contributed by atoms with Crippen molar-refractivity contribution in [1.29, 1.82) is 0 Å². The molecule has 0 spiro atoms. The summed E-state index contributed by atoms with van der Waals surface area (Å²) < 4.78 is 27.6. The summed E-state index contributed by atoms with van der Waals surface area (Å²) in [7, 11) is -3.59. The molecule has 1 unspecified atom stereocenters. The standard InChI is InChI=1S/C25H33N3O3S/c1-19-4-3-13-28(17-19)18-22-11-9-20(10-12-22)15-26-25(29)23-5-2-6-24(14-23)32(30,31)27-16-21-7-8-21/h2,5-6,9-12,14,19,21,27H,3-4,7-8,13,15-18H2,1H3,(H,26,29). The number of likely N-dealkylation sites (tertiary alicyclic amines) is 1. The highest BCUT2D eigenvalue weighted by Gasteiger charge is 2.24. The molecule has 32 heavy (non-hydrogen) atoms. The van der Waals surface area contributed by atoms with Gasteiger partial charge in [0.25, 0.3) is 5.91 Å². The van der Waals surface area contributed by atoms with Gasteiger partial charge in [-0.15, -0.1) is 0 Å². The van der Waals surface area contributed by atoms with Gasteiger partial charge in [-0.3, -0.25) is 9.69 Å². The third kappa shape index (κ3) is 6.40. The third-order valence-corrected chi connectivity index (χ3v) is 7.71. The molecule has 2 aromatic carbocycles. The lowest BCUT2D eigenvalue weighted by Gasteiger charge is -2.30. The molecule has 2 aliphatic rings. The molecule has 6 nitrogen and oxygen atoms in total. The van der Waals surface area contributed by atoms with Crippen molar-refractivity contribution in [2.24, 2.45) is 11.8 Å². The molecule has 2 aromatic rings. The maximum absolute atomic E-state index is 12.6. The minimum absolute atomic E-state index is 0.127. The van der Waals surface area contributed by atoms with E-state index >= 15 is 0 Å². The van der Waals surface area contributed by atoms with E-state index in [2.05, 4.69) is 34.0 Å². The fourth-order valence-electron chi connectivity index (χ4n) is 4.17. The number of rotatable bonds is 9. The lowest BCUT2D eigenvalue weighted by molar-refractivity contribution is 0.0950. The van der Waals surface area contributed by atoms with E-state index in [1.54, 1.807) is 12.1 Å². The Morgan fingerprint density at radius 1 is 1.06 bits per heavy atom. The van der Waals surface area contributed by atoms with E-state index in [0.29, 0.717) is 24.6 Å². The molecule has 1 heterocycles. The van der Waals surface area contributed by atoms with Crippen molar-refractivity contribution in [2.45, 2.75) is 50.6 Å². The number of carbonyl (C=O) groups is 1. The molecule has 2 fully saturated rings. The highest BCUT2D eigenvalue weighted by atomic mass is 32.2. The zero-order valence-corrected chi connectivity index (χ0v) is 19.5. The predicted molar refractivity (Wildman–Crippen MR) is 126 cm³/mol. The van der Waals surface area contributed by atoms with Crippen LogP contribution in [0.25, 0.3) is 0 Å². The van der Waals surface area contributed by atoms with Crippen molar-refractivity contribution >= 4 is 15.9 Å². The molecule has 1 saturated carbocycles. The van der Waals surface area contributed by atoms with Crippen LogP contribution in [-0.2, 0) is 23.1 Å². The second-order valence-corrected chi connectivity index (χ2v) is 11.1. The average Bonchev–Trinajstić information content (AvgIpc) is 3.62. The second-order valence-electron chi connectivity index (χ2n) is 9.30. The number of hydrogen-bond acceptors (Lipinski definition) is 4. The Morgan fingerprint density at radius 3 is 2.53 bits per heavy atom. The second kappa shape index (κ2) is 10.1. The number of piperidine rings is 1. The number of sulfonamides is 1. The van der Waals surface area contributed by atoms with E-state index in [-0.39, 0.29) is 10.8 Å². The van der Waals surface area contributed by atoms with Gasteiger partial charge in [-0.1, -0.05) is 37.3 Å². The minimum Gasteiger partial charge on any atom is -0.348 e. The third-order valence-electron chi connectivity index (χ3n) is 6.29. The van der Waals surface area contributed by atoms with Gasteiger partial charge in [0.05, 0.1) is 4.90 Å². The van der Waals surface area contributed by atoms with E-state index in [1.807, 2.05) is 12.1 Å². The summed E-state index contributed by atoms with van der Waals surface area (Å²) in [5.74, 6) is 0.933. The van der Waals surface area contributed by atoms with Crippen LogP contribution in [-0.4, -0.2) is 38.9 Å². The van der Waals surface area contributed by atoms with Crippen LogP contribution in [0.4, 0.5) is 0 Å². The summed E-state index contributed by atoms with van der Waals surface area (Å²) in [6.45, 7) is 6.46. The quantitative estimate of drug-likeness (QED) is 0.606. The predicted octanol–water partition coefficient (Wildman–Crippen LogP) is 3.54. The number of amides is 1. The molecule has 0 aromatic heterocycles. The van der Waals surface area contributed by atoms with E-state index in [1.165, 1.54) is 30.5 Å². The molecule has 7 heteroatoms. The normalized spacial score (nSPS) is 19.6. The number of nitrogens with one attached hydrogen (secondary N) is 2. The van der Waals surface area contributed by atoms with E-state index in [4.69, 9.17) is 0 Å². The number of nitrogens with zero attached hydrogens (tertiary/aromatic N) is 1. The smallest absolute Gasteiger partial charge is 0.251 e. The number of benzene rings is 2. The molecular weight excluding hydrogens is 422 g/mol. The monoisotopic (exact) mass is 455 g/mol. The zero-order valence-electron chi connectivity index (χ0n) is 18.7. The van der Waals surface area contributed by atoms with Crippen LogP contribution in [0.3, 0.4) is 0 Å². The van der Waals surface area contributed by atoms with Gasteiger partial charge in [0, 0.05) is 31.7 Å². The Hall–Kier alpha value is -2.22. The fourth-order valence-corrected chi connectivity index (χ4v) is 5.33. The van der Waals surface area contributed by atoms with Crippen molar-refractivity contribution < 1.29 is 13.2 Å². The van der Waals surface area contributed by atoms with Gasteiger partial charge >= 0.3 is 0 Å². The maximum Gasteiger partial charge on any atom is 0.251 e. The largest absolute Gasteiger partial charge is 0.348 e. The van der Waals surface area contributed by atoms with E-state index < -0.39 is 10.0 Å². The van der Waals surface area contributed by atoms with Crippen molar-refractivity contribution in [2.75, 3.05) is 19.6 Å². The van der Waals surface area contributed by atoms with Crippen LogP contribution in [0.2, 0.25) is 0 Å². The van der Waals surface area contributed by atoms with Crippen LogP contribution in [0, 0.1) is 11.8 Å². The van der Waals surface area contributed by atoms with Crippen molar-refractivity contribution in [3.8, 4) is 0 Å². The zero-order chi connectivity index (χ0) is 22.6. The van der Waals surface area contributed by atoms with Crippen LogP contribution in [0.5, 0.6) is 0 Å². The SMILES string of the molecule is CC1CCCN(Cc2ccc(CNC(=O)c3cccc(S(=O)(=O)NCC4CC4)c3)cc2)C1. The molecule has 1 amide bonds. The van der Waals surface area contributed by atoms with Crippen molar-refractivity contribution in [3.05, 3.63) is 65.2 Å². The summed E-state index contributed by atoms with van der Waals surface area (Å²) in [6.07, 6.45) is 4.73. The van der Waals surface area contributed by atoms with Gasteiger partial charge in [-0.2, -0.15) is 0 Å². The van der Waals surface area contributed by atoms with Crippen LogP contribution < -0.4 is 10.0 Å². The molecule has 2 N–H and O–H groups in total. The Labute approximate surface area is 191 Å². The highest BCUT2D eigenvalue weighted by molar-refractivity contribution is 7.89. The lowest BCUT2D eigenvalue weighted by Crippen LogP contribution is -2.33. The van der Waals surface area contributed by atoms with E-state index in [0.717, 1.165) is 44.0 Å². The minimum atomic E-state index is -3.59. The molecule has 1 aliphatic carbocycles. The van der Waals surface area contributed by atoms with Crippen LogP contribution in [0.1, 0.15) is 54.1 Å². The molecule has 1 aliphatic heterocycles. The summed E-state index contributed by atoms with van der Waals surface area (Å²) in [4.78, 5) is 15.2. The Kier molecular flexibility index (Phi) is 7.28. The summed E-state index contributed by atoms with van der Waals surface area (Å²) >= 11 is 0. The molecule has 0 radical (unpaired) electrons. The molecule has 0 bridgehead atoms. The summed E-state index contributed by atoms with van der Waals surface area (Å²) in [5, 5.41) is 2.90. The first-order valence-electron chi connectivity index (χ1n) is 11.6. The highest BCUT2D eigenvalue weighted by Crippen LogP contribution is 2.28. The van der Waals surface area contributed by atoms with Gasteiger partial charge < -0.3 is 5.32 Å². The van der Waals surface area contributed by atoms with Crippen LogP contribution >= 0.6 is 0 Å². The van der Waals surface area contributed by atoms with Gasteiger partial charge in [0.2, 0.25) is 10.0 Å². The first-order chi connectivity index (χ1) is 15.4. The summed E-state index contributed by atoms with van der Waals surface area (Å²) in [5.41, 5.74) is 2.64. The molecule has 4 rings (SSSR count). The fraction of sp³-hybridized carbons (Fsp3) is 0.480. The Balaban J connectivity index is 1.30. The Morgan fingerprint density at radius 2 is 1.81 bits per heavy atom. The molecule has 1 saturated heterocycles. The van der Waals surface area contributed by atoms with Gasteiger partial charge in [0.1, 0.15) is 0 Å². The van der Waals surface area contributed by atoms with Crippen molar-refractivity contribution in [3.63, 3.8) is 0 Å². The lowest BCUT2D eigenvalue weighted by atomic mass is 9.99. The topological polar surface area (TPSA) is 78.5 Å². The van der Waals surface area contributed by atoms with Crippen LogP contribution in [0.15, 0.2) is 53.4 Å². The van der Waals surface area contributed by atoms with E-state index in [9.17, 15) is 13.2 Å². The van der Waals surface area contributed by atoms with Gasteiger partial charge in [-0.25, -0.2) is 13.1 Å². The van der Waals surface area contributed by atoms with Gasteiger partial charge in [-0.05, 0) is 73.4 Å². The number of carbonyl (C=O) groups excluding carboxylic acids is 1. The van der Waals surface area contributed by atoms with Crippen molar-refractivity contribution in [1.82, 2.24) is 14.9 Å². The summed E-state index contributed by atoms with van der Waals surface area (Å²) in [6, 6.07) is 14.5. The average molecular weight is 456 g/mol. The molecule has 172 valence electrons. The molecular formula is C25H33N3O3S. The number of hydrogen-bond donors (Lipinski definition) is 2. The first kappa shape index (κ1) is 23.0.